The summed E-state index contributed by atoms with van der Waals surface area (Å²) < 4.78 is 11.4. The van der Waals surface area contributed by atoms with Crippen LogP contribution in [0.1, 0.15) is 42.2 Å². The number of halogens is 1. The summed E-state index contributed by atoms with van der Waals surface area (Å²) >= 11 is 3.32. The van der Waals surface area contributed by atoms with Gasteiger partial charge in [-0.15, -0.1) is 0 Å². The third kappa shape index (κ3) is 3.90. The maximum absolute atomic E-state index is 13.0. The average Bonchev–Trinajstić information content (AvgIpc) is 2.79. The largest absolute Gasteiger partial charge is 0.490 e. The van der Waals surface area contributed by atoms with Gasteiger partial charge in [-0.25, -0.2) is 4.79 Å². The molecule has 0 spiro atoms. The number of nitro benzene ring substituents is 1. The minimum atomic E-state index is -0.989. The van der Waals surface area contributed by atoms with Gasteiger partial charge in [0.15, 0.2) is 5.78 Å². The van der Waals surface area contributed by atoms with Crippen LogP contribution >= 0.6 is 15.9 Å². The van der Waals surface area contributed by atoms with Crippen LogP contribution in [0.2, 0.25) is 0 Å². The molecule has 1 aliphatic rings. The number of ether oxygens (including phenoxy) is 2. The van der Waals surface area contributed by atoms with Gasteiger partial charge in [0.1, 0.15) is 30.1 Å². The summed E-state index contributed by atoms with van der Waals surface area (Å²) in [5, 5.41) is 11.8. The zero-order valence-corrected chi connectivity index (χ0v) is 18.0. The standard InChI is InChI=1S/C23H14BrNO7/c24-13-4-3-5-14(12-13)31-10-11-32-23(28)18-9-8-17-19(20(18)25(29)30)22(27)16-7-2-1-6-15(16)21(17)26/h1-9,12H,10-11H2. The lowest BCUT2D eigenvalue weighted by molar-refractivity contribution is -0.385. The molecule has 0 fully saturated rings. The Hall–Kier alpha value is -3.85. The number of benzene rings is 3. The van der Waals surface area contributed by atoms with Gasteiger partial charge in [0.2, 0.25) is 5.78 Å². The van der Waals surface area contributed by atoms with Crippen molar-refractivity contribution in [1.29, 1.82) is 0 Å². The molecule has 4 rings (SSSR count). The number of hydrogen-bond donors (Lipinski definition) is 0. The van der Waals surface area contributed by atoms with Crippen molar-refractivity contribution < 1.29 is 28.8 Å². The van der Waals surface area contributed by atoms with Crippen LogP contribution in [0, 0.1) is 10.1 Å². The second-order valence-electron chi connectivity index (χ2n) is 6.79. The third-order valence-electron chi connectivity index (χ3n) is 4.85. The molecular formula is C23H14BrNO7. The van der Waals surface area contributed by atoms with E-state index in [-0.39, 0.29) is 29.9 Å². The first kappa shape index (κ1) is 21.4. The van der Waals surface area contributed by atoms with Gasteiger partial charge in [-0.2, -0.15) is 0 Å². The van der Waals surface area contributed by atoms with Crippen LogP contribution in [0.3, 0.4) is 0 Å². The van der Waals surface area contributed by atoms with E-state index in [4.69, 9.17) is 9.47 Å². The topological polar surface area (TPSA) is 113 Å². The molecule has 0 aromatic heterocycles. The normalized spacial score (nSPS) is 12.0. The molecule has 0 heterocycles. The maximum Gasteiger partial charge on any atom is 0.345 e. The van der Waals surface area contributed by atoms with Gasteiger partial charge in [0.25, 0.3) is 5.69 Å². The Morgan fingerprint density at radius 1 is 0.906 bits per heavy atom. The monoisotopic (exact) mass is 495 g/mol. The fraction of sp³-hybridized carbons (Fsp3) is 0.0870. The summed E-state index contributed by atoms with van der Waals surface area (Å²) in [7, 11) is 0. The lowest BCUT2D eigenvalue weighted by atomic mass is 9.82. The third-order valence-corrected chi connectivity index (χ3v) is 5.34. The second kappa shape index (κ2) is 8.72. The van der Waals surface area contributed by atoms with E-state index >= 15 is 0 Å². The quantitative estimate of drug-likeness (QED) is 0.169. The van der Waals surface area contributed by atoms with Crippen LogP contribution in [0.4, 0.5) is 5.69 Å². The fourth-order valence-electron chi connectivity index (χ4n) is 3.45. The SMILES string of the molecule is O=C1c2ccccc2C(=O)c2c1ccc(C(=O)OCCOc1cccc(Br)c1)c2[N+](=O)[O-]. The summed E-state index contributed by atoms with van der Waals surface area (Å²) in [6, 6.07) is 15.5. The minimum Gasteiger partial charge on any atom is -0.490 e. The minimum absolute atomic E-state index is 0.0196. The fourth-order valence-corrected chi connectivity index (χ4v) is 3.83. The molecule has 0 unspecified atom stereocenters. The van der Waals surface area contributed by atoms with Crippen LogP contribution in [0.25, 0.3) is 0 Å². The highest BCUT2D eigenvalue weighted by atomic mass is 79.9. The highest BCUT2D eigenvalue weighted by molar-refractivity contribution is 9.10. The van der Waals surface area contributed by atoms with Crippen LogP contribution in [-0.2, 0) is 4.74 Å². The van der Waals surface area contributed by atoms with Gasteiger partial charge in [-0.3, -0.25) is 19.7 Å². The molecule has 1 aliphatic carbocycles. The molecule has 0 atom stereocenters. The smallest absolute Gasteiger partial charge is 0.345 e. The van der Waals surface area contributed by atoms with E-state index in [0.29, 0.717) is 5.75 Å². The molecular weight excluding hydrogens is 482 g/mol. The van der Waals surface area contributed by atoms with E-state index in [1.807, 2.05) is 6.07 Å². The lowest BCUT2D eigenvalue weighted by Crippen LogP contribution is -2.24. The van der Waals surface area contributed by atoms with E-state index in [1.165, 1.54) is 18.2 Å². The van der Waals surface area contributed by atoms with E-state index < -0.39 is 39.3 Å². The molecule has 0 bridgehead atoms. The summed E-state index contributed by atoms with van der Waals surface area (Å²) in [6.07, 6.45) is 0. The summed E-state index contributed by atoms with van der Waals surface area (Å²) in [6.45, 7) is -0.152. The van der Waals surface area contributed by atoms with Crippen molar-refractivity contribution in [3.05, 3.63) is 103 Å². The number of hydrogen-bond acceptors (Lipinski definition) is 7. The molecule has 0 saturated heterocycles. The summed E-state index contributed by atoms with van der Waals surface area (Å²) in [4.78, 5) is 49.3. The number of carbonyl (C=O) groups excluding carboxylic acids is 3. The predicted molar refractivity (Wildman–Crippen MR) is 116 cm³/mol. The molecule has 160 valence electrons. The Kier molecular flexibility index (Phi) is 5.83. The van der Waals surface area contributed by atoms with Crippen molar-refractivity contribution in [2.45, 2.75) is 0 Å². The first-order valence-electron chi connectivity index (χ1n) is 9.44. The Labute approximate surface area is 190 Å². The van der Waals surface area contributed by atoms with Crippen molar-refractivity contribution in [2.24, 2.45) is 0 Å². The number of rotatable bonds is 6. The Balaban J connectivity index is 1.58. The Morgan fingerprint density at radius 3 is 2.31 bits per heavy atom. The van der Waals surface area contributed by atoms with Crippen molar-refractivity contribution >= 4 is 39.2 Å². The number of carbonyl (C=O) groups is 3. The van der Waals surface area contributed by atoms with Gasteiger partial charge < -0.3 is 9.47 Å². The average molecular weight is 496 g/mol. The van der Waals surface area contributed by atoms with Gasteiger partial charge >= 0.3 is 5.97 Å². The van der Waals surface area contributed by atoms with E-state index in [1.54, 1.807) is 30.3 Å². The number of ketones is 2. The van der Waals surface area contributed by atoms with Crippen LogP contribution in [0.15, 0.2) is 65.1 Å². The van der Waals surface area contributed by atoms with E-state index in [0.717, 1.165) is 10.5 Å². The van der Waals surface area contributed by atoms with Crippen LogP contribution in [-0.4, -0.2) is 35.7 Å². The molecule has 0 N–H and O–H groups in total. The number of esters is 1. The first-order chi connectivity index (χ1) is 15.4. The maximum atomic E-state index is 13.0. The zero-order chi connectivity index (χ0) is 22.8. The lowest BCUT2D eigenvalue weighted by Gasteiger charge is -2.18. The van der Waals surface area contributed by atoms with E-state index in [2.05, 4.69) is 15.9 Å². The molecule has 0 saturated carbocycles. The van der Waals surface area contributed by atoms with Gasteiger partial charge in [0, 0.05) is 21.2 Å². The Bertz CT molecular complexity index is 1290. The van der Waals surface area contributed by atoms with Gasteiger partial charge in [-0.1, -0.05) is 46.3 Å². The molecule has 0 amide bonds. The summed E-state index contributed by atoms with van der Waals surface area (Å²) in [5.74, 6) is -1.63. The molecule has 9 heteroatoms. The molecule has 3 aromatic rings. The predicted octanol–water partition coefficient (Wildman–Crippen LogP) is 4.37. The van der Waals surface area contributed by atoms with E-state index in [9.17, 15) is 24.5 Å². The first-order valence-corrected chi connectivity index (χ1v) is 10.2. The second-order valence-corrected chi connectivity index (χ2v) is 7.70. The number of fused-ring (bicyclic) bond motifs is 2. The van der Waals surface area contributed by atoms with Crippen molar-refractivity contribution in [2.75, 3.05) is 13.2 Å². The molecule has 32 heavy (non-hydrogen) atoms. The summed E-state index contributed by atoms with van der Waals surface area (Å²) in [5.41, 5.74) is -1.45. The number of nitrogens with zero attached hydrogens (tertiary/aromatic N) is 1. The molecule has 3 aromatic carbocycles. The van der Waals surface area contributed by atoms with Gasteiger partial charge in [-0.05, 0) is 30.3 Å². The molecule has 8 nitrogen and oxygen atoms in total. The van der Waals surface area contributed by atoms with Crippen molar-refractivity contribution in [3.8, 4) is 5.75 Å². The highest BCUT2D eigenvalue weighted by Crippen LogP contribution is 2.35. The Morgan fingerprint density at radius 2 is 1.62 bits per heavy atom. The zero-order valence-electron chi connectivity index (χ0n) is 16.4. The van der Waals surface area contributed by atoms with Crippen molar-refractivity contribution in [1.82, 2.24) is 0 Å². The van der Waals surface area contributed by atoms with Gasteiger partial charge in [0.05, 0.1) is 4.92 Å². The molecule has 0 aliphatic heterocycles. The van der Waals surface area contributed by atoms with Crippen LogP contribution < -0.4 is 4.74 Å². The highest BCUT2D eigenvalue weighted by Gasteiger charge is 2.38. The molecule has 0 radical (unpaired) electrons. The van der Waals surface area contributed by atoms with Crippen molar-refractivity contribution in [3.63, 3.8) is 0 Å². The van der Waals surface area contributed by atoms with Crippen LogP contribution in [0.5, 0.6) is 5.75 Å². The number of nitro groups is 1.